The van der Waals surface area contributed by atoms with Crippen LogP contribution in [0, 0.1) is 20.8 Å². The summed E-state index contributed by atoms with van der Waals surface area (Å²) >= 11 is 0. The van der Waals surface area contributed by atoms with Crippen molar-refractivity contribution in [1.82, 2.24) is 0 Å². The Labute approximate surface area is 172 Å². The minimum atomic E-state index is 0.360. The van der Waals surface area contributed by atoms with E-state index in [0.29, 0.717) is 6.79 Å². The smallest absolute Gasteiger partial charge is 0.231 e. The topological polar surface area (TPSA) is 18.5 Å². The third-order valence-corrected chi connectivity index (χ3v) is 3.41. The lowest BCUT2D eigenvalue weighted by Crippen LogP contribution is -1.92. The molecule has 0 N–H and O–H groups in total. The van der Waals surface area contributed by atoms with Gasteiger partial charge in [-0.05, 0) is 38.5 Å². The summed E-state index contributed by atoms with van der Waals surface area (Å²) in [5, 5.41) is 0. The third kappa shape index (κ3) is 11.1. The molecule has 0 spiro atoms. The van der Waals surface area contributed by atoms with Crippen LogP contribution in [0.25, 0.3) is 0 Å². The first-order chi connectivity index (χ1) is 13.6. The van der Waals surface area contributed by atoms with Crippen molar-refractivity contribution >= 4 is 0 Å². The molecule has 0 saturated heterocycles. The van der Waals surface area contributed by atoms with Gasteiger partial charge in [-0.1, -0.05) is 106 Å². The molecule has 0 saturated carbocycles. The van der Waals surface area contributed by atoms with E-state index in [1.807, 2.05) is 89.2 Å². The molecule has 2 heteroatoms. The second-order valence-corrected chi connectivity index (χ2v) is 5.67. The van der Waals surface area contributed by atoms with Crippen LogP contribution in [-0.4, -0.2) is 6.79 Å². The van der Waals surface area contributed by atoms with Crippen LogP contribution in [0.15, 0.2) is 78.9 Å². The van der Waals surface area contributed by atoms with E-state index in [2.05, 4.69) is 38.1 Å². The molecule has 0 fully saturated rings. The molecule has 152 valence electrons. The minimum absolute atomic E-state index is 0.360. The molecule has 2 nitrogen and oxygen atoms in total. The Morgan fingerprint density at radius 2 is 0.929 bits per heavy atom. The molecule has 0 unspecified atom stereocenters. The van der Waals surface area contributed by atoms with Crippen LogP contribution in [0.2, 0.25) is 0 Å². The minimum Gasteiger partial charge on any atom is -0.454 e. The normalized spacial score (nSPS) is 9.68. The van der Waals surface area contributed by atoms with Gasteiger partial charge in [0.2, 0.25) is 6.79 Å². The van der Waals surface area contributed by atoms with Crippen LogP contribution >= 0.6 is 0 Å². The van der Waals surface area contributed by atoms with Crippen LogP contribution in [-0.2, 0) is 0 Å². The first kappa shape index (κ1) is 25.3. The summed E-state index contributed by atoms with van der Waals surface area (Å²) in [6.45, 7) is 14.6. The Balaban J connectivity index is 0.000000366. The number of hydrogen-bond acceptors (Lipinski definition) is 2. The van der Waals surface area contributed by atoms with Gasteiger partial charge < -0.3 is 9.47 Å². The van der Waals surface area contributed by atoms with Gasteiger partial charge in [0.15, 0.2) is 11.5 Å². The first-order valence-electron chi connectivity index (χ1n) is 10.0. The summed E-state index contributed by atoms with van der Waals surface area (Å²) in [7, 11) is 0. The summed E-state index contributed by atoms with van der Waals surface area (Å²) in [5.74, 6) is 1.71. The summed E-state index contributed by atoms with van der Waals surface area (Å²) in [6, 6.07) is 26.4. The molecule has 3 aromatic carbocycles. The van der Waals surface area contributed by atoms with Gasteiger partial charge in [-0.25, -0.2) is 0 Å². The van der Waals surface area contributed by atoms with E-state index in [1.165, 1.54) is 16.7 Å². The van der Waals surface area contributed by atoms with E-state index in [9.17, 15) is 0 Å². The fraction of sp³-hybridized carbons (Fsp3) is 0.308. The van der Waals surface area contributed by atoms with E-state index in [4.69, 9.17) is 9.47 Å². The number of ether oxygens (including phenoxy) is 2. The largest absolute Gasteiger partial charge is 0.454 e. The number of fused-ring (bicyclic) bond motifs is 1. The molecule has 0 atom stereocenters. The lowest BCUT2D eigenvalue weighted by molar-refractivity contribution is 0.174. The van der Waals surface area contributed by atoms with Crippen molar-refractivity contribution in [2.45, 2.75) is 48.5 Å². The van der Waals surface area contributed by atoms with Crippen molar-refractivity contribution < 1.29 is 9.47 Å². The van der Waals surface area contributed by atoms with Gasteiger partial charge in [-0.3, -0.25) is 0 Å². The molecule has 0 amide bonds. The van der Waals surface area contributed by atoms with Crippen LogP contribution < -0.4 is 9.47 Å². The summed E-state index contributed by atoms with van der Waals surface area (Å²) in [5.41, 5.74) is 3.84. The van der Waals surface area contributed by atoms with Gasteiger partial charge in [0.1, 0.15) is 0 Å². The molecule has 4 rings (SSSR count). The average molecular weight is 381 g/mol. The average Bonchev–Trinajstić information content (AvgIpc) is 3.21. The monoisotopic (exact) mass is 380 g/mol. The van der Waals surface area contributed by atoms with Crippen molar-refractivity contribution in [2.24, 2.45) is 0 Å². The zero-order chi connectivity index (χ0) is 21.2. The fourth-order valence-corrected chi connectivity index (χ4v) is 2.07. The molecular weight excluding hydrogens is 344 g/mol. The standard InChI is InChI=1S/C8H8O2.2C7H8.2C2H6/c1-6-2-3-7-8(4-6)10-5-9-7;2*1-7-5-3-2-4-6-7;2*1-2/h2-4H,5H2,1H3;2*2-6H,1H3;2*1-2H3. The van der Waals surface area contributed by atoms with Crippen molar-refractivity contribution in [3.8, 4) is 11.5 Å². The maximum absolute atomic E-state index is 5.16. The molecule has 0 radical (unpaired) electrons. The van der Waals surface area contributed by atoms with E-state index < -0.39 is 0 Å². The van der Waals surface area contributed by atoms with Gasteiger partial charge in [0.25, 0.3) is 0 Å². The highest BCUT2D eigenvalue weighted by atomic mass is 16.7. The molecule has 0 aliphatic carbocycles. The molecule has 1 aliphatic heterocycles. The van der Waals surface area contributed by atoms with E-state index in [1.54, 1.807) is 0 Å². The molecular formula is C26H36O2. The van der Waals surface area contributed by atoms with Gasteiger partial charge in [0.05, 0.1) is 0 Å². The Morgan fingerprint density at radius 1 is 0.500 bits per heavy atom. The van der Waals surface area contributed by atoms with Crippen molar-refractivity contribution in [3.63, 3.8) is 0 Å². The van der Waals surface area contributed by atoms with Crippen molar-refractivity contribution in [3.05, 3.63) is 95.6 Å². The predicted octanol–water partition coefficient (Wildman–Crippen LogP) is 7.77. The van der Waals surface area contributed by atoms with Gasteiger partial charge in [-0.15, -0.1) is 0 Å². The quantitative estimate of drug-likeness (QED) is 0.396. The Hall–Kier alpha value is -2.74. The van der Waals surface area contributed by atoms with E-state index >= 15 is 0 Å². The Kier molecular flexibility index (Phi) is 14.8. The SMILES string of the molecule is CC.CC.Cc1ccc2c(c1)OCO2.Cc1ccccc1.Cc1ccccc1. The van der Waals surface area contributed by atoms with Crippen LogP contribution in [0.5, 0.6) is 11.5 Å². The van der Waals surface area contributed by atoms with Crippen molar-refractivity contribution in [2.75, 3.05) is 6.79 Å². The highest BCUT2D eigenvalue weighted by molar-refractivity contribution is 5.43. The molecule has 0 bridgehead atoms. The lowest BCUT2D eigenvalue weighted by Gasteiger charge is -1.94. The number of rotatable bonds is 0. The van der Waals surface area contributed by atoms with Gasteiger partial charge in [0, 0.05) is 0 Å². The zero-order valence-corrected chi connectivity index (χ0v) is 18.5. The zero-order valence-electron chi connectivity index (χ0n) is 18.5. The highest BCUT2D eigenvalue weighted by Gasteiger charge is 2.11. The second kappa shape index (κ2) is 16.4. The molecule has 0 aromatic heterocycles. The second-order valence-electron chi connectivity index (χ2n) is 5.67. The van der Waals surface area contributed by atoms with E-state index in [-0.39, 0.29) is 0 Å². The van der Waals surface area contributed by atoms with Crippen LogP contribution in [0.3, 0.4) is 0 Å². The van der Waals surface area contributed by atoms with Crippen molar-refractivity contribution in [1.29, 1.82) is 0 Å². The lowest BCUT2D eigenvalue weighted by atomic mass is 10.2. The number of benzene rings is 3. The van der Waals surface area contributed by atoms with Gasteiger partial charge in [-0.2, -0.15) is 0 Å². The fourth-order valence-electron chi connectivity index (χ4n) is 2.07. The molecule has 3 aromatic rings. The predicted molar refractivity (Wildman–Crippen MR) is 122 cm³/mol. The number of hydrogen-bond donors (Lipinski definition) is 0. The number of aryl methyl sites for hydroxylation is 3. The third-order valence-electron chi connectivity index (χ3n) is 3.41. The first-order valence-corrected chi connectivity index (χ1v) is 10.0. The Bertz CT molecular complexity index is 684. The molecule has 28 heavy (non-hydrogen) atoms. The Morgan fingerprint density at radius 3 is 1.32 bits per heavy atom. The molecule has 1 aliphatic rings. The maximum atomic E-state index is 5.16. The molecule has 1 heterocycles. The van der Waals surface area contributed by atoms with E-state index in [0.717, 1.165) is 11.5 Å². The van der Waals surface area contributed by atoms with Gasteiger partial charge >= 0.3 is 0 Å². The summed E-state index contributed by atoms with van der Waals surface area (Å²) in [6.07, 6.45) is 0. The maximum Gasteiger partial charge on any atom is 0.231 e. The van der Waals surface area contributed by atoms with Crippen LogP contribution in [0.4, 0.5) is 0 Å². The van der Waals surface area contributed by atoms with Crippen LogP contribution in [0.1, 0.15) is 44.4 Å². The highest BCUT2D eigenvalue weighted by Crippen LogP contribution is 2.31. The summed E-state index contributed by atoms with van der Waals surface area (Å²) < 4.78 is 10.3. The summed E-state index contributed by atoms with van der Waals surface area (Å²) in [4.78, 5) is 0.